The highest BCUT2D eigenvalue weighted by Crippen LogP contribution is 2.26. The SMILES string of the molecule is Cc1c(C(=O)NCC2CNC2)[nH]c2c1C(=O)CCC2. The summed E-state index contributed by atoms with van der Waals surface area (Å²) in [6, 6.07) is 0. The van der Waals surface area contributed by atoms with Crippen LogP contribution in [0.4, 0.5) is 0 Å². The Morgan fingerprint density at radius 3 is 2.79 bits per heavy atom. The summed E-state index contributed by atoms with van der Waals surface area (Å²) < 4.78 is 0. The molecule has 0 bridgehead atoms. The zero-order valence-corrected chi connectivity index (χ0v) is 11.1. The number of hydrogen-bond donors (Lipinski definition) is 3. The number of rotatable bonds is 3. The van der Waals surface area contributed by atoms with Crippen LogP contribution in [0.5, 0.6) is 0 Å². The molecule has 1 aliphatic carbocycles. The molecule has 2 heterocycles. The monoisotopic (exact) mass is 261 g/mol. The number of carbonyl (C=O) groups excluding carboxylic acids is 2. The van der Waals surface area contributed by atoms with E-state index in [1.807, 2.05) is 6.92 Å². The fraction of sp³-hybridized carbons (Fsp3) is 0.571. The van der Waals surface area contributed by atoms with Crippen LogP contribution in [-0.4, -0.2) is 36.3 Å². The number of fused-ring (bicyclic) bond motifs is 1. The van der Waals surface area contributed by atoms with Crippen molar-refractivity contribution < 1.29 is 9.59 Å². The van der Waals surface area contributed by atoms with E-state index in [-0.39, 0.29) is 11.7 Å². The predicted molar refractivity (Wildman–Crippen MR) is 71.5 cm³/mol. The Bertz CT molecular complexity index is 529. The second-order valence-corrected chi connectivity index (χ2v) is 5.49. The van der Waals surface area contributed by atoms with Gasteiger partial charge in [0, 0.05) is 43.2 Å². The van der Waals surface area contributed by atoms with Crippen LogP contribution in [0, 0.1) is 12.8 Å². The van der Waals surface area contributed by atoms with E-state index in [1.54, 1.807) is 0 Å². The summed E-state index contributed by atoms with van der Waals surface area (Å²) in [5.41, 5.74) is 3.06. The first kappa shape index (κ1) is 12.4. The van der Waals surface area contributed by atoms with Gasteiger partial charge >= 0.3 is 0 Å². The second-order valence-electron chi connectivity index (χ2n) is 5.49. The molecule has 1 aromatic heterocycles. The van der Waals surface area contributed by atoms with Crippen LogP contribution in [0.1, 0.15) is 44.9 Å². The van der Waals surface area contributed by atoms with Crippen molar-refractivity contribution >= 4 is 11.7 Å². The van der Waals surface area contributed by atoms with Gasteiger partial charge in [-0.3, -0.25) is 9.59 Å². The van der Waals surface area contributed by atoms with Gasteiger partial charge in [-0.1, -0.05) is 0 Å². The molecule has 0 atom stereocenters. The van der Waals surface area contributed by atoms with Gasteiger partial charge in [0.1, 0.15) is 5.69 Å². The number of amides is 1. The van der Waals surface area contributed by atoms with Gasteiger partial charge in [-0.05, 0) is 25.3 Å². The van der Waals surface area contributed by atoms with Gasteiger partial charge in [-0.25, -0.2) is 0 Å². The lowest BCUT2D eigenvalue weighted by molar-refractivity contribution is 0.0936. The number of hydrogen-bond acceptors (Lipinski definition) is 3. The molecule has 1 aliphatic heterocycles. The number of ketones is 1. The summed E-state index contributed by atoms with van der Waals surface area (Å²) in [7, 11) is 0. The number of aromatic amines is 1. The molecule has 0 radical (unpaired) electrons. The van der Waals surface area contributed by atoms with E-state index in [0.717, 1.165) is 42.8 Å². The molecule has 0 spiro atoms. The van der Waals surface area contributed by atoms with E-state index in [0.29, 0.717) is 24.6 Å². The van der Waals surface area contributed by atoms with Crippen molar-refractivity contribution in [3.63, 3.8) is 0 Å². The highest BCUT2D eigenvalue weighted by Gasteiger charge is 2.26. The highest BCUT2D eigenvalue weighted by molar-refractivity contribution is 6.04. The molecule has 5 heteroatoms. The van der Waals surface area contributed by atoms with E-state index in [2.05, 4.69) is 15.6 Å². The van der Waals surface area contributed by atoms with Gasteiger partial charge in [-0.2, -0.15) is 0 Å². The lowest BCUT2D eigenvalue weighted by Crippen LogP contribution is -2.48. The van der Waals surface area contributed by atoms with Gasteiger partial charge in [0.15, 0.2) is 5.78 Å². The standard InChI is InChI=1S/C14H19N3O2/c1-8-12-10(3-2-4-11(12)18)17-13(8)14(19)16-7-9-5-15-6-9/h9,15,17H,2-7H2,1H3,(H,16,19). The molecule has 0 unspecified atom stereocenters. The zero-order valence-electron chi connectivity index (χ0n) is 11.1. The third kappa shape index (κ3) is 2.18. The summed E-state index contributed by atoms with van der Waals surface area (Å²) >= 11 is 0. The number of aromatic nitrogens is 1. The first-order valence-corrected chi connectivity index (χ1v) is 6.90. The molecule has 1 aromatic rings. The van der Waals surface area contributed by atoms with Crippen molar-refractivity contribution in [3.8, 4) is 0 Å². The van der Waals surface area contributed by atoms with Crippen LogP contribution in [-0.2, 0) is 6.42 Å². The number of carbonyl (C=O) groups is 2. The molecule has 2 aliphatic rings. The van der Waals surface area contributed by atoms with Gasteiger partial charge in [-0.15, -0.1) is 0 Å². The molecule has 0 saturated carbocycles. The molecule has 19 heavy (non-hydrogen) atoms. The minimum absolute atomic E-state index is 0.0911. The van der Waals surface area contributed by atoms with Crippen molar-refractivity contribution in [1.82, 2.24) is 15.6 Å². The minimum Gasteiger partial charge on any atom is -0.354 e. The Kier molecular flexibility index (Phi) is 3.14. The average Bonchev–Trinajstić information content (AvgIpc) is 2.66. The molecule has 1 amide bonds. The minimum atomic E-state index is -0.0911. The lowest BCUT2D eigenvalue weighted by Gasteiger charge is -2.27. The Balaban J connectivity index is 1.76. The summed E-state index contributed by atoms with van der Waals surface area (Å²) in [6.07, 6.45) is 2.34. The van der Waals surface area contributed by atoms with Crippen LogP contribution < -0.4 is 10.6 Å². The molecule has 102 valence electrons. The van der Waals surface area contributed by atoms with Gasteiger partial charge in [0.25, 0.3) is 5.91 Å². The molecule has 0 aromatic carbocycles. The fourth-order valence-corrected chi connectivity index (χ4v) is 2.82. The zero-order chi connectivity index (χ0) is 13.4. The van der Waals surface area contributed by atoms with Crippen molar-refractivity contribution in [2.24, 2.45) is 5.92 Å². The average molecular weight is 261 g/mol. The molecule has 1 fully saturated rings. The number of aryl methyl sites for hydroxylation is 1. The van der Waals surface area contributed by atoms with Crippen LogP contribution in [0.2, 0.25) is 0 Å². The predicted octanol–water partition coefficient (Wildman–Crippen LogP) is 0.791. The van der Waals surface area contributed by atoms with Gasteiger partial charge in [0.2, 0.25) is 0 Å². The molecule has 3 rings (SSSR count). The lowest BCUT2D eigenvalue weighted by atomic mass is 9.94. The number of nitrogens with one attached hydrogen (secondary N) is 3. The van der Waals surface area contributed by atoms with Crippen molar-refractivity contribution in [2.75, 3.05) is 19.6 Å². The van der Waals surface area contributed by atoms with Crippen molar-refractivity contribution in [1.29, 1.82) is 0 Å². The molecular formula is C14H19N3O2. The van der Waals surface area contributed by atoms with E-state index >= 15 is 0 Å². The summed E-state index contributed by atoms with van der Waals surface area (Å²) in [5, 5.41) is 6.12. The van der Waals surface area contributed by atoms with E-state index in [4.69, 9.17) is 0 Å². The van der Waals surface area contributed by atoms with Crippen LogP contribution in [0.15, 0.2) is 0 Å². The Hall–Kier alpha value is -1.62. The Labute approximate surface area is 112 Å². The van der Waals surface area contributed by atoms with Crippen molar-refractivity contribution in [3.05, 3.63) is 22.5 Å². The van der Waals surface area contributed by atoms with Crippen LogP contribution >= 0.6 is 0 Å². The maximum Gasteiger partial charge on any atom is 0.268 e. The van der Waals surface area contributed by atoms with E-state index in [1.165, 1.54) is 0 Å². The van der Waals surface area contributed by atoms with E-state index < -0.39 is 0 Å². The van der Waals surface area contributed by atoms with E-state index in [9.17, 15) is 9.59 Å². The topological polar surface area (TPSA) is 74.0 Å². The normalized spacial score (nSPS) is 18.9. The molecular weight excluding hydrogens is 242 g/mol. The number of Topliss-reactive ketones (excluding diaryl/α,β-unsaturated/α-hetero) is 1. The maximum atomic E-state index is 12.2. The highest BCUT2D eigenvalue weighted by atomic mass is 16.2. The fourth-order valence-electron chi connectivity index (χ4n) is 2.82. The smallest absolute Gasteiger partial charge is 0.268 e. The summed E-state index contributed by atoms with van der Waals surface area (Å²) in [5.74, 6) is 0.610. The first-order chi connectivity index (χ1) is 9.16. The maximum absolute atomic E-state index is 12.2. The third-order valence-electron chi connectivity index (χ3n) is 4.08. The number of H-pyrrole nitrogens is 1. The quantitative estimate of drug-likeness (QED) is 0.753. The third-order valence-corrected chi connectivity index (χ3v) is 4.08. The molecule has 3 N–H and O–H groups in total. The largest absolute Gasteiger partial charge is 0.354 e. The summed E-state index contributed by atoms with van der Waals surface area (Å²) in [4.78, 5) is 27.2. The second kappa shape index (κ2) is 4.81. The van der Waals surface area contributed by atoms with Crippen LogP contribution in [0.3, 0.4) is 0 Å². The molecule has 1 saturated heterocycles. The first-order valence-electron chi connectivity index (χ1n) is 6.90. The summed E-state index contributed by atoms with van der Waals surface area (Å²) in [6.45, 7) is 4.50. The Morgan fingerprint density at radius 1 is 1.37 bits per heavy atom. The van der Waals surface area contributed by atoms with Gasteiger partial charge < -0.3 is 15.6 Å². The van der Waals surface area contributed by atoms with Crippen LogP contribution in [0.25, 0.3) is 0 Å². The van der Waals surface area contributed by atoms with Crippen molar-refractivity contribution in [2.45, 2.75) is 26.2 Å². The van der Waals surface area contributed by atoms with Gasteiger partial charge in [0.05, 0.1) is 0 Å². The molecule has 5 nitrogen and oxygen atoms in total. The Morgan fingerprint density at radius 2 is 2.16 bits per heavy atom.